The Balaban J connectivity index is 1.98. The number of hydrogen-bond acceptors (Lipinski definition) is 4. The van der Waals surface area contributed by atoms with Gasteiger partial charge in [-0.05, 0) is 12.1 Å². The summed E-state index contributed by atoms with van der Waals surface area (Å²) in [5, 5.41) is 6.21. The van der Waals surface area contributed by atoms with Crippen LogP contribution in [-0.4, -0.2) is 16.0 Å². The van der Waals surface area contributed by atoms with Crippen LogP contribution in [0.4, 0.5) is 4.39 Å². The molecule has 1 aromatic carbocycles. The van der Waals surface area contributed by atoms with Gasteiger partial charge in [0.05, 0.1) is 12.1 Å². The number of carbonyl (C=O) groups is 1. The van der Waals surface area contributed by atoms with Crippen molar-refractivity contribution in [3.05, 3.63) is 47.4 Å². The van der Waals surface area contributed by atoms with E-state index in [1.807, 2.05) is 6.92 Å². The van der Waals surface area contributed by atoms with Gasteiger partial charge in [0.25, 0.3) is 5.91 Å². The van der Waals surface area contributed by atoms with Crippen molar-refractivity contribution in [2.24, 2.45) is 0 Å². The average Bonchev–Trinajstić information content (AvgIpc) is 2.84. The van der Waals surface area contributed by atoms with Crippen LogP contribution in [0.2, 0.25) is 0 Å². The van der Waals surface area contributed by atoms with Gasteiger partial charge in [0, 0.05) is 6.42 Å². The summed E-state index contributed by atoms with van der Waals surface area (Å²) in [5.41, 5.74) is -0.00305. The number of hydrogen-bond donors (Lipinski definition) is 1. The summed E-state index contributed by atoms with van der Waals surface area (Å²) >= 11 is 0. The van der Waals surface area contributed by atoms with E-state index in [-0.39, 0.29) is 12.1 Å². The van der Waals surface area contributed by atoms with Gasteiger partial charge in [0.1, 0.15) is 5.82 Å². The Kier molecular flexibility index (Phi) is 3.66. The molecule has 0 bridgehead atoms. The van der Waals surface area contributed by atoms with Crippen molar-refractivity contribution in [3.63, 3.8) is 0 Å². The fraction of sp³-hybridized carbons (Fsp3) is 0.250. The summed E-state index contributed by atoms with van der Waals surface area (Å²) in [6.45, 7) is 1.99. The normalized spacial score (nSPS) is 10.3. The van der Waals surface area contributed by atoms with Gasteiger partial charge in [-0.2, -0.15) is 4.98 Å². The van der Waals surface area contributed by atoms with E-state index in [2.05, 4.69) is 15.5 Å². The average molecular weight is 249 g/mol. The summed E-state index contributed by atoms with van der Waals surface area (Å²) in [6, 6.07) is 5.77. The van der Waals surface area contributed by atoms with Crippen molar-refractivity contribution < 1.29 is 13.7 Å². The monoisotopic (exact) mass is 249 g/mol. The van der Waals surface area contributed by atoms with Crippen molar-refractivity contribution in [2.75, 3.05) is 0 Å². The fourth-order valence-electron chi connectivity index (χ4n) is 1.41. The van der Waals surface area contributed by atoms with Crippen LogP contribution >= 0.6 is 0 Å². The van der Waals surface area contributed by atoms with Crippen LogP contribution in [0.5, 0.6) is 0 Å². The lowest BCUT2D eigenvalue weighted by molar-refractivity contribution is 0.0945. The second-order valence-electron chi connectivity index (χ2n) is 3.62. The summed E-state index contributed by atoms with van der Waals surface area (Å²) in [4.78, 5) is 15.7. The van der Waals surface area contributed by atoms with Crippen LogP contribution < -0.4 is 5.32 Å². The summed E-state index contributed by atoms with van der Waals surface area (Å²) in [7, 11) is 0. The van der Waals surface area contributed by atoms with E-state index in [1.165, 1.54) is 18.2 Å². The summed E-state index contributed by atoms with van der Waals surface area (Å²) in [6.07, 6.45) is 0.633. The molecule has 0 spiro atoms. The largest absolute Gasteiger partial charge is 0.345 e. The molecule has 6 heteroatoms. The molecule has 0 unspecified atom stereocenters. The second-order valence-corrected chi connectivity index (χ2v) is 3.62. The number of halogens is 1. The Morgan fingerprint density at radius 3 is 2.89 bits per heavy atom. The first-order valence-electron chi connectivity index (χ1n) is 5.55. The van der Waals surface area contributed by atoms with Gasteiger partial charge in [-0.3, -0.25) is 4.79 Å². The molecule has 0 fully saturated rings. The number of carbonyl (C=O) groups excluding carboxylic acids is 1. The Labute approximate surface area is 103 Å². The van der Waals surface area contributed by atoms with Crippen molar-refractivity contribution in [1.82, 2.24) is 15.5 Å². The first kappa shape index (κ1) is 12.2. The van der Waals surface area contributed by atoms with Crippen LogP contribution in [0.1, 0.15) is 29.0 Å². The smallest absolute Gasteiger partial charge is 0.254 e. The minimum absolute atomic E-state index is 0.00305. The highest BCUT2D eigenvalue weighted by molar-refractivity contribution is 5.94. The van der Waals surface area contributed by atoms with E-state index >= 15 is 0 Å². The van der Waals surface area contributed by atoms with E-state index < -0.39 is 11.7 Å². The molecule has 2 rings (SSSR count). The molecule has 0 aliphatic rings. The predicted molar refractivity (Wildman–Crippen MR) is 61.2 cm³/mol. The third-order valence-corrected chi connectivity index (χ3v) is 2.34. The molecule has 0 aliphatic heterocycles. The van der Waals surface area contributed by atoms with Gasteiger partial charge in [-0.25, -0.2) is 4.39 Å². The highest BCUT2D eigenvalue weighted by Gasteiger charge is 2.11. The maximum Gasteiger partial charge on any atom is 0.254 e. The molecule has 1 aromatic heterocycles. The lowest BCUT2D eigenvalue weighted by Gasteiger charge is -2.02. The zero-order chi connectivity index (χ0) is 13.0. The van der Waals surface area contributed by atoms with Crippen molar-refractivity contribution >= 4 is 5.91 Å². The molecule has 5 nitrogen and oxygen atoms in total. The van der Waals surface area contributed by atoms with Gasteiger partial charge >= 0.3 is 0 Å². The molecule has 1 amide bonds. The van der Waals surface area contributed by atoms with Crippen molar-refractivity contribution in [2.45, 2.75) is 19.9 Å². The molecular formula is C12H12FN3O2. The Hall–Kier alpha value is -2.24. The Morgan fingerprint density at radius 2 is 2.22 bits per heavy atom. The molecule has 0 aliphatic carbocycles. The molecule has 0 saturated heterocycles. The molecule has 2 aromatic rings. The predicted octanol–water partition coefficient (Wildman–Crippen LogP) is 1.70. The zero-order valence-corrected chi connectivity index (χ0v) is 9.81. The zero-order valence-electron chi connectivity index (χ0n) is 9.81. The molecule has 0 radical (unpaired) electrons. The van der Waals surface area contributed by atoms with Gasteiger partial charge in [0.15, 0.2) is 5.82 Å². The minimum Gasteiger partial charge on any atom is -0.345 e. The second kappa shape index (κ2) is 5.39. The van der Waals surface area contributed by atoms with E-state index in [0.29, 0.717) is 18.1 Å². The third-order valence-electron chi connectivity index (χ3n) is 2.34. The molecule has 18 heavy (non-hydrogen) atoms. The molecular weight excluding hydrogens is 237 g/mol. The van der Waals surface area contributed by atoms with Gasteiger partial charge in [0.2, 0.25) is 5.89 Å². The van der Waals surface area contributed by atoms with Crippen molar-refractivity contribution in [1.29, 1.82) is 0 Å². The molecule has 1 N–H and O–H groups in total. The molecule has 1 heterocycles. The van der Waals surface area contributed by atoms with Crippen LogP contribution in [0.25, 0.3) is 0 Å². The number of aryl methyl sites for hydroxylation is 1. The standard InChI is InChI=1S/C12H12FN3O2/c1-2-11-15-10(16-18-11)7-14-12(17)8-5-3-4-6-9(8)13/h3-6H,2,7H2,1H3,(H,14,17). The van der Waals surface area contributed by atoms with E-state index in [4.69, 9.17) is 4.52 Å². The van der Waals surface area contributed by atoms with Gasteiger partial charge < -0.3 is 9.84 Å². The number of amides is 1. The van der Waals surface area contributed by atoms with E-state index in [9.17, 15) is 9.18 Å². The highest BCUT2D eigenvalue weighted by Crippen LogP contribution is 2.06. The number of nitrogens with zero attached hydrogens (tertiary/aromatic N) is 2. The number of rotatable bonds is 4. The summed E-state index contributed by atoms with van der Waals surface area (Å²) in [5.74, 6) is -0.185. The van der Waals surface area contributed by atoms with Crippen LogP contribution in [0.15, 0.2) is 28.8 Å². The highest BCUT2D eigenvalue weighted by atomic mass is 19.1. The first-order chi connectivity index (χ1) is 8.70. The minimum atomic E-state index is -0.558. The lowest BCUT2D eigenvalue weighted by atomic mass is 10.2. The van der Waals surface area contributed by atoms with Crippen molar-refractivity contribution in [3.8, 4) is 0 Å². The van der Waals surface area contributed by atoms with Crippen LogP contribution in [0, 0.1) is 5.82 Å². The van der Waals surface area contributed by atoms with Crippen LogP contribution in [-0.2, 0) is 13.0 Å². The lowest BCUT2D eigenvalue weighted by Crippen LogP contribution is -2.24. The Bertz CT molecular complexity index is 554. The molecule has 0 saturated carbocycles. The first-order valence-corrected chi connectivity index (χ1v) is 5.55. The maximum absolute atomic E-state index is 13.3. The maximum atomic E-state index is 13.3. The number of aromatic nitrogens is 2. The summed E-state index contributed by atoms with van der Waals surface area (Å²) < 4.78 is 18.2. The molecule has 0 atom stereocenters. The van der Waals surface area contributed by atoms with E-state index in [1.54, 1.807) is 6.07 Å². The topological polar surface area (TPSA) is 68.0 Å². The third kappa shape index (κ3) is 2.71. The SMILES string of the molecule is CCc1nc(CNC(=O)c2ccccc2F)no1. The number of benzene rings is 1. The molecule has 94 valence electrons. The quantitative estimate of drug-likeness (QED) is 0.895. The number of nitrogens with one attached hydrogen (secondary N) is 1. The van der Waals surface area contributed by atoms with Gasteiger partial charge in [-0.15, -0.1) is 0 Å². The van der Waals surface area contributed by atoms with Gasteiger partial charge in [-0.1, -0.05) is 24.2 Å². The Morgan fingerprint density at radius 1 is 1.44 bits per heavy atom. The van der Waals surface area contributed by atoms with E-state index in [0.717, 1.165) is 0 Å². The van der Waals surface area contributed by atoms with Crippen LogP contribution in [0.3, 0.4) is 0 Å². The fourth-order valence-corrected chi connectivity index (χ4v) is 1.41.